The van der Waals surface area contributed by atoms with E-state index in [1.54, 1.807) is 0 Å². The van der Waals surface area contributed by atoms with Crippen molar-refractivity contribution in [3.63, 3.8) is 0 Å². The van der Waals surface area contributed by atoms with Crippen molar-refractivity contribution in [2.75, 3.05) is 36.5 Å². The number of nitrogens with one attached hydrogen (secondary N) is 1. The molecule has 9 heteroatoms. The normalized spacial score (nSPS) is 18.1. The molecule has 2 aliphatic rings. The summed E-state index contributed by atoms with van der Waals surface area (Å²) in [5.74, 6) is 0. The molecule has 0 unspecified atom stereocenters. The van der Waals surface area contributed by atoms with Gasteiger partial charge in [0.1, 0.15) is 0 Å². The first kappa shape index (κ1) is 26.6. The Labute approximate surface area is 209 Å². The summed E-state index contributed by atoms with van der Waals surface area (Å²) in [6, 6.07) is 17.1. The first-order valence-corrected chi connectivity index (χ1v) is 12.5. The third-order valence-corrected chi connectivity index (χ3v) is 5.73. The van der Waals surface area contributed by atoms with E-state index in [9.17, 15) is 0 Å². The molecule has 0 saturated heterocycles. The van der Waals surface area contributed by atoms with Crippen LogP contribution in [-0.4, -0.2) is 30.9 Å². The highest BCUT2D eigenvalue weighted by molar-refractivity contribution is 5.72. The molecular formula is C26H33ClN4O4. The summed E-state index contributed by atoms with van der Waals surface area (Å²) in [6.07, 6.45) is 11.2. The van der Waals surface area contributed by atoms with E-state index in [4.69, 9.17) is 18.6 Å². The molecule has 0 amide bonds. The largest absolute Gasteiger partial charge is 0.378 e. The highest BCUT2D eigenvalue weighted by atomic mass is 35.7. The van der Waals surface area contributed by atoms with Gasteiger partial charge in [-0.3, -0.25) is 10.4 Å². The molecule has 188 valence electrons. The van der Waals surface area contributed by atoms with Crippen LogP contribution in [0.15, 0.2) is 78.0 Å². The Morgan fingerprint density at radius 3 is 2.23 bits per heavy atom. The van der Waals surface area contributed by atoms with Crippen molar-refractivity contribution < 1.29 is 28.9 Å². The standard InChI is InChI=1S/C26H32N4.ClHO4/c1-26(2)17-21(11-10-20-12-14-23(15-13-20)28(3)4)16-22(18-26)19-30-27-24-8-6-7-9-25(24)29(30)5;2-1(3,4)5/h6-16,19,27H,17-18H2,1-5H3;(H,2,3,4,5)/b11-10+,22-19-;. The summed E-state index contributed by atoms with van der Waals surface area (Å²) < 4.78 is 32.7. The maximum atomic E-state index is 8.60. The molecule has 2 aromatic rings. The number of fused-ring (bicyclic) bond motifs is 1. The van der Waals surface area contributed by atoms with Crippen molar-refractivity contribution in [3.8, 4) is 0 Å². The fourth-order valence-corrected chi connectivity index (χ4v) is 4.23. The van der Waals surface area contributed by atoms with Crippen LogP contribution in [0, 0.1) is 15.7 Å². The van der Waals surface area contributed by atoms with Gasteiger partial charge in [0, 0.05) is 33.0 Å². The summed E-state index contributed by atoms with van der Waals surface area (Å²) in [5.41, 5.74) is 11.2. The number of hydrogen-bond donors (Lipinski definition) is 2. The van der Waals surface area contributed by atoms with Gasteiger partial charge in [-0.05, 0) is 59.2 Å². The fourth-order valence-electron chi connectivity index (χ4n) is 4.23. The highest BCUT2D eigenvalue weighted by Gasteiger charge is 2.27. The molecule has 0 saturated carbocycles. The lowest BCUT2D eigenvalue weighted by molar-refractivity contribution is -1.92. The Hall–Kier alpha value is -3.01. The first-order valence-electron chi connectivity index (χ1n) is 11.2. The summed E-state index contributed by atoms with van der Waals surface area (Å²) in [6.45, 7) is 4.70. The number of halogens is 1. The molecule has 0 aromatic heterocycles. The van der Waals surface area contributed by atoms with Crippen LogP contribution in [-0.2, 0) is 0 Å². The van der Waals surface area contributed by atoms with Crippen molar-refractivity contribution in [1.82, 2.24) is 5.12 Å². The Bertz CT molecular complexity index is 1100. The van der Waals surface area contributed by atoms with Crippen LogP contribution < -0.4 is 29.3 Å². The van der Waals surface area contributed by atoms with Crippen LogP contribution in [0.1, 0.15) is 32.3 Å². The second-order valence-electron chi connectivity index (χ2n) is 9.65. The first-order chi connectivity index (χ1) is 16.3. The molecule has 4 rings (SSSR count). The van der Waals surface area contributed by atoms with E-state index in [0.717, 1.165) is 18.5 Å². The summed E-state index contributed by atoms with van der Waals surface area (Å²) in [4.78, 5) is 2.12. The van der Waals surface area contributed by atoms with Crippen molar-refractivity contribution in [1.29, 1.82) is 0 Å². The van der Waals surface area contributed by atoms with Gasteiger partial charge < -0.3 is 4.90 Å². The molecule has 2 aromatic carbocycles. The van der Waals surface area contributed by atoms with Gasteiger partial charge in [0.2, 0.25) is 0 Å². The second kappa shape index (κ2) is 10.7. The van der Waals surface area contributed by atoms with E-state index >= 15 is 0 Å². The van der Waals surface area contributed by atoms with Gasteiger partial charge in [0.25, 0.3) is 0 Å². The van der Waals surface area contributed by atoms with Crippen LogP contribution in [0.5, 0.6) is 0 Å². The van der Waals surface area contributed by atoms with E-state index in [1.165, 1.54) is 28.1 Å². The molecule has 0 fully saturated rings. The average Bonchev–Trinajstić information content (AvgIpc) is 3.06. The van der Waals surface area contributed by atoms with Gasteiger partial charge in [-0.25, -0.2) is 5.12 Å². The van der Waals surface area contributed by atoms with Gasteiger partial charge in [-0.15, -0.1) is 0 Å². The van der Waals surface area contributed by atoms with Gasteiger partial charge >= 0.3 is 0 Å². The minimum absolute atomic E-state index is 0.236. The van der Waals surface area contributed by atoms with Gasteiger partial charge in [-0.1, -0.05) is 56.3 Å². The van der Waals surface area contributed by atoms with E-state index < -0.39 is 10.2 Å². The monoisotopic (exact) mass is 500 g/mol. The molecule has 0 radical (unpaired) electrons. The summed E-state index contributed by atoms with van der Waals surface area (Å²) >= 11 is 0. The number of hydrazine groups is 2. The van der Waals surface area contributed by atoms with Crippen molar-refractivity contribution in [2.24, 2.45) is 5.41 Å². The predicted molar refractivity (Wildman–Crippen MR) is 132 cm³/mol. The Balaban J connectivity index is 0.000000623. The van der Waals surface area contributed by atoms with Gasteiger partial charge in [0.15, 0.2) is 0 Å². The number of para-hydroxylation sites is 2. The molecule has 1 aliphatic carbocycles. The van der Waals surface area contributed by atoms with Crippen LogP contribution in [0.3, 0.4) is 0 Å². The molecule has 8 nitrogen and oxygen atoms in total. The smallest absolute Gasteiger partial charge is 0.0839 e. The minimum Gasteiger partial charge on any atom is -0.378 e. The third kappa shape index (κ3) is 8.02. The zero-order valence-electron chi connectivity index (χ0n) is 20.7. The number of hydrogen-bond acceptors (Lipinski definition) is 8. The lowest BCUT2D eigenvalue weighted by atomic mass is 9.75. The molecule has 35 heavy (non-hydrogen) atoms. The second-order valence-corrected chi connectivity index (χ2v) is 10.4. The Kier molecular flexibility index (Phi) is 8.15. The third-order valence-electron chi connectivity index (χ3n) is 5.73. The van der Waals surface area contributed by atoms with Crippen LogP contribution >= 0.6 is 0 Å². The quantitative estimate of drug-likeness (QED) is 0.655. The van der Waals surface area contributed by atoms with Crippen LogP contribution in [0.2, 0.25) is 0 Å². The van der Waals surface area contributed by atoms with Gasteiger partial charge in [0.05, 0.1) is 26.3 Å². The fraction of sp³-hybridized carbons (Fsp3) is 0.308. The summed E-state index contributed by atoms with van der Waals surface area (Å²) in [7, 11) is 1.53. The SMILES string of the molecule is CN(C)c1ccc(/C=C/C2=CC(=C/N3Nc4ccccc4N3C)/CC(C)(C)C2)cc1.[O-][Cl+3]([O-])([O-])O. The topological polar surface area (TPSA) is 111 Å². The van der Waals surface area contributed by atoms with Crippen molar-refractivity contribution in [2.45, 2.75) is 26.7 Å². The maximum absolute atomic E-state index is 8.60. The molecule has 1 aliphatic heterocycles. The van der Waals surface area contributed by atoms with E-state index in [1.807, 2.05) is 0 Å². The van der Waals surface area contributed by atoms with Crippen molar-refractivity contribution in [3.05, 3.63) is 83.6 Å². The number of allylic oxidation sites excluding steroid dienone is 4. The number of rotatable bonds is 4. The number of anilines is 3. The van der Waals surface area contributed by atoms with E-state index in [2.05, 4.69) is 128 Å². The van der Waals surface area contributed by atoms with E-state index in [0.29, 0.717) is 0 Å². The van der Waals surface area contributed by atoms with Gasteiger partial charge in [-0.2, -0.15) is 14.0 Å². The van der Waals surface area contributed by atoms with Crippen molar-refractivity contribution >= 4 is 23.1 Å². The predicted octanol–water partition coefficient (Wildman–Crippen LogP) is 1.97. The average molecular weight is 501 g/mol. The summed E-state index contributed by atoms with van der Waals surface area (Å²) in [5, 5.41) is 4.23. The minimum atomic E-state index is -4.69. The lowest BCUT2D eigenvalue weighted by Crippen LogP contribution is -2.58. The Morgan fingerprint density at radius 1 is 1.00 bits per heavy atom. The molecule has 1 heterocycles. The molecule has 0 spiro atoms. The number of nitrogens with zero attached hydrogens (tertiary/aromatic N) is 3. The molecule has 2 N–H and O–H groups in total. The molecule has 0 bridgehead atoms. The zero-order chi connectivity index (χ0) is 25.8. The Morgan fingerprint density at radius 2 is 1.63 bits per heavy atom. The molecule has 0 atom stereocenters. The maximum Gasteiger partial charge on any atom is 0.0839 e. The van der Waals surface area contributed by atoms with E-state index in [-0.39, 0.29) is 5.41 Å². The highest BCUT2D eigenvalue weighted by Crippen LogP contribution is 2.40. The zero-order valence-corrected chi connectivity index (χ0v) is 21.5. The lowest BCUT2D eigenvalue weighted by Gasteiger charge is -2.32. The van der Waals surface area contributed by atoms with Crippen LogP contribution in [0.25, 0.3) is 6.08 Å². The molecular weight excluding hydrogens is 468 g/mol. The van der Waals surface area contributed by atoms with Crippen LogP contribution in [0.4, 0.5) is 17.1 Å². The number of benzene rings is 2.